The van der Waals surface area contributed by atoms with Gasteiger partial charge in [-0.25, -0.2) is 18.4 Å². The van der Waals surface area contributed by atoms with Gasteiger partial charge in [0.1, 0.15) is 5.75 Å². The summed E-state index contributed by atoms with van der Waals surface area (Å²) in [5.74, 6) is 1.51. The van der Waals surface area contributed by atoms with E-state index in [0.29, 0.717) is 36.6 Å². The Morgan fingerprint density at radius 2 is 1.71 bits per heavy atom. The highest BCUT2D eigenvalue weighted by atomic mass is 32.2. The first-order chi connectivity index (χ1) is 23.4. The Morgan fingerprint density at radius 1 is 0.917 bits per heavy atom. The molecule has 0 spiro atoms. The van der Waals surface area contributed by atoms with Crippen LogP contribution in [0.4, 0.5) is 5.82 Å². The molecule has 3 aromatic carbocycles. The number of hydrogen-bond acceptors (Lipinski definition) is 8. The van der Waals surface area contributed by atoms with Gasteiger partial charge in [0.2, 0.25) is 0 Å². The summed E-state index contributed by atoms with van der Waals surface area (Å²) in [5, 5.41) is 1.12. The number of benzene rings is 3. The minimum absolute atomic E-state index is 0.173. The molecule has 48 heavy (non-hydrogen) atoms. The number of pyridine rings is 1. The molecule has 0 aliphatic carbocycles. The number of anilines is 1. The normalized spacial score (nSPS) is 15.7. The van der Waals surface area contributed by atoms with Crippen molar-refractivity contribution in [3.8, 4) is 17.0 Å². The van der Waals surface area contributed by atoms with Crippen LogP contribution in [-0.2, 0) is 34.1 Å². The van der Waals surface area contributed by atoms with E-state index in [0.717, 1.165) is 70.1 Å². The first kappa shape index (κ1) is 30.1. The molecule has 5 heterocycles. The monoisotopic (exact) mass is 658 g/mol. The molecule has 11 heteroatoms. The summed E-state index contributed by atoms with van der Waals surface area (Å²) in [5.41, 5.74) is 7.15. The largest absolute Gasteiger partial charge is 0.497 e. The maximum atomic E-state index is 13.7. The topological polar surface area (TPSA) is 102 Å². The van der Waals surface area contributed by atoms with Crippen molar-refractivity contribution in [3.63, 3.8) is 0 Å². The Kier molecular flexibility index (Phi) is 7.57. The molecule has 0 amide bonds. The lowest BCUT2D eigenvalue weighted by molar-refractivity contribution is 0.122. The number of morpholine rings is 1. The minimum Gasteiger partial charge on any atom is -0.497 e. The highest BCUT2D eigenvalue weighted by Gasteiger charge is 2.37. The van der Waals surface area contributed by atoms with E-state index in [1.54, 1.807) is 13.2 Å². The van der Waals surface area contributed by atoms with Gasteiger partial charge in [-0.2, -0.15) is 0 Å². The van der Waals surface area contributed by atoms with E-state index in [2.05, 4.69) is 40.3 Å². The van der Waals surface area contributed by atoms with Crippen molar-refractivity contribution >= 4 is 38.1 Å². The van der Waals surface area contributed by atoms with Gasteiger partial charge < -0.3 is 14.4 Å². The summed E-state index contributed by atoms with van der Waals surface area (Å²) in [6, 6.07) is 25.1. The summed E-state index contributed by atoms with van der Waals surface area (Å²) in [6.07, 6.45) is 5.35. The Labute approximate surface area is 279 Å². The lowest BCUT2D eigenvalue weighted by atomic mass is 10.1. The first-order valence-electron chi connectivity index (χ1n) is 15.9. The minimum atomic E-state index is -3.77. The predicted molar refractivity (Wildman–Crippen MR) is 185 cm³/mol. The number of rotatable bonds is 8. The number of imidazole rings is 1. The zero-order valence-corrected chi connectivity index (χ0v) is 27.4. The Bertz CT molecular complexity index is 2300. The van der Waals surface area contributed by atoms with Gasteiger partial charge >= 0.3 is 0 Å². The lowest BCUT2D eigenvalue weighted by Crippen LogP contribution is -2.37. The van der Waals surface area contributed by atoms with Crippen LogP contribution in [0.1, 0.15) is 22.5 Å². The molecule has 10 nitrogen and oxygen atoms in total. The number of aromatic nitrogens is 4. The lowest BCUT2D eigenvalue weighted by Gasteiger charge is -2.28. The molecule has 0 unspecified atom stereocenters. The van der Waals surface area contributed by atoms with Crippen LogP contribution in [0, 0.1) is 0 Å². The van der Waals surface area contributed by atoms with E-state index in [1.807, 2.05) is 60.8 Å². The smallest absolute Gasteiger partial charge is 0.265 e. The fraction of sp³-hybridized carbons (Fsp3) is 0.216. The molecule has 2 aliphatic heterocycles. The van der Waals surface area contributed by atoms with Gasteiger partial charge in [0.15, 0.2) is 11.5 Å². The molecule has 0 radical (unpaired) electrons. The number of hydrogen-bond donors (Lipinski definition) is 0. The molecule has 6 aromatic rings. The SMILES string of the molecule is C=C1c2cc(-c3cnc(N4CCOCC4)c4nc(CCc5ccc6ccccc6n5)cn34)ccc2S(=O)(=O)N1Cc1ccc(OC)cc1. The second kappa shape index (κ2) is 12.1. The quantitative estimate of drug-likeness (QED) is 0.204. The van der Waals surface area contributed by atoms with E-state index in [9.17, 15) is 8.42 Å². The van der Waals surface area contributed by atoms with Gasteiger partial charge in [-0.15, -0.1) is 0 Å². The fourth-order valence-corrected chi connectivity index (χ4v) is 8.10. The predicted octanol–water partition coefficient (Wildman–Crippen LogP) is 5.75. The molecule has 3 aromatic heterocycles. The van der Waals surface area contributed by atoms with Crippen LogP contribution < -0.4 is 9.64 Å². The van der Waals surface area contributed by atoms with Gasteiger partial charge in [0, 0.05) is 41.5 Å². The molecule has 0 bridgehead atoms. The van der Waals surface area contributed by atoms with Crippen LogP contribution in [-0.4, -0.2) is 65.5 Å². The summed E-state index contributed by atoms with van der Waals surface area (Å²) < 4.78 is 41.6. The molecule has 0 atom stereocenters. The van der Waals surface area contributed by atoms with Crippen LogP contribution >= 0.6 is 0 Å². The Morgan fingerprint density at radius 3 is 2.52 bits per heavy atom. The summed E-state index contributed by atoms with van der Waals surface area (Å²) in [6.45, 7) is 7.10. The highest BCUT2D eigenvalue weighted by molar-refractivity contribution is 7.90. The van der Waals surface area contributed by atoms with Crippen molar-refractivity contribution in [2.75, 3.05) is 38.3 Å². The number of nitrogens with zero attached hydrogens (tertiary/aromatic N) is 6. The molecule has 0 saturated carbocycles. The van der Waals surface area contributed by atoms with Gasteiger partial charge in [-0.05, 0) is 54.8 Å². The van der Waals surface area contributed by atoms with Gasteiger partial charge in [0.05, 0.1) is 60.6 Å². The van der Waals surface area contributed by atoms with Gasteiger partial charge in [-0.3, -0.25) is 13.7 Å². The van der Waals surface area contributed by atoms with Crippen LogP contribution in [0.3, 0.4) is 0 Å². The van der Waals surface area contributed by atoms with E-state index < -0.39 is 10.0 Å². The standard InChI is InChI=1S/C37H34N6O4S/c1-25-32-21-28(10-16-35(32)48(44,45)43(25)23-26-7-14-31(46-2)15-8-26)34-22-38-36(41-17-19-47-20-18-41)37-40-30(24-42(34)37)13-12-29-11-9-27-5-3-4-6-33(27)39-29/h3-11,14-16,21-22,24H,1,12-13,17-20,23H2,2H3. The van der Waals surface area contributed by atoms with Crippen molar-refractivity contribution in [1.82, 2.24) is 23.7 Å². The maximum absolute atomic E-state index is 13.7. The molecule has 1 saturated heterocycles. The van der Waals surface area contributed by atoms with Crippen LogP contribution in [0.5, 0.6) is 5.75 Å². The van der Waals surface area contributed by atoms with E-state index >= 15 is 0 Å². The number of para-hydroxylation sites is 1. The van der Waals surface area contributed by atoms with Crippen LogP contribution in [0.25, 0.3) is 33.5 Å². The van der Waals surface area contributed by atoms with Gasteiger partial charge in [-0.1, -0.05) is 49.0 Å². The third-order valence-electron chi connectivity index (χ3n) is 9.07. The number of ether oxygens (including phenoxy) is 2. The average Bonchev–Trinajstić information content (AvgIpc) is 3.64. The number of sulfonamides is 1. The molecule has 2 aliphatic rings. The van der Waals surface area contributed by atoms with Crippen LogP contribution in [0.2, 0.25) is 0 Å². The molecule has 1 fully saturated rings. The van der Waals surface area contributed by atoms with Crippen molar-refractivity contribution in [1.29, 1.82) is 0 Å². The number of fused-ring (bicyclic) bond motifs is 3. The molecular formula is C37H34N6O4S. The van der Waals surface area contributed by atoms with Crippen molar-refractivity contribution in [2.45, 2.75) is 24.3 Å². The number of methoxy groups -OCH3 is 1. The van der Waals surface area contributed by atoms with Gasteiger partial charge in [0.25, 0.3) is 10.0 Å². The van der Waals surface area contributed by atoms with E-state index in [4.69, 9.17) is 24.4 Å². The zero-order valence-electron chi connectivity index (χ0n) is 26.5. The van der Waals surface area contributed by atoms with Crippen molar-refractivity contribution in [3.05, 3.63) is 120 Å². The summed E-state index contributed by atoms with van der Waals surface area (Å²) >= 11 is 0. The number of aryl methyl sites for hydroxylation is 2. The second-order valence-electron chi connectivity index (χ2n) is 12.0. The first-order valence-corrected chi connectivity index (χ1v) is 17.4. The molecular weight excluding hydrogens is 625 g/mol. The van der Waals surface area contributed by atoms with E-state index in [-0.39, 0.29) is 11.4 Å². The zero-order chi connectivity index (χ0) is 32.8. The molecule has 8 rings (SSSR count). The van der Waals surface area contributed by atoms with Crippen LogP contribution in [0.15, 0.2) is 103 Å². The maximum Gasteiger partial charge on any atom is 0.265 e. The average molecular weight is 659 g/mol. The van der Waals surface area contributed by atoms with E-state index in [1.165, 1.54) is 4.31 Å². The fourth-order valence-electron chi connectivity index (χ4n) is 6.46. The molecule has 0 N–H and O–H groups in total. The summed E-state index contributed by atoms with van der Waals surface area (Å²) in [4.78, 5) is 17.3. The highest BCUT2D eigenvalue weighted by Crippen LogP contribution is 2.41. The van der Waals surface area contributed by atoms with Crippen molar-refractivity contribution in [2.24, 2.45) is 0 Å². The Hall–Kier alpha value is -5.26. The third-order valence-corrected chi connectivity index (χ3v) is 10.9. The van der Waals surface area contributed by atoms with Crippen molar-refractivity contribution < 1.29 is 17.9 Å². The second-order valence-corrected chi connectivity index (χ2v) is 13.8. The summed E-state index contributed by atoms with van der Waals surface area (Å²) in [7, 11) is -2.17. The Balaban J connectivity index is 1.14. The third kappa shape index (κ3) is 5.34. The molecule has 242 valence electrons.